The highest BCUT2D eigenvalue weighted by molar-refractivity contribution is 5.93. The van der Waals surface area contributed by atoms with Crippen molar-refractivity contribution in [2.45, 2.75) is 32.9 Å². The van der Waals surface area contributed by atoms with Crippen LogP contribution in [0.15, 0.2) is 40.1 Å². The maximum atomic E-state index is 13.7. The van der Waals surface area contributed by atoms with E-state index in [1.807, 2.05) is 13.8 Å². The van der Waals surface area contributed by atoms with Crippen LogP contribution in [0, 0.1) is 5.82 Å². The fourth-order valence-corrected chi connectivity index (χ4v) is 2.02. The Bertz CT molecular complexity index is 826. The van der Waals surface area contributed by atoms with Crippen LogP contribution in [0.3, 0.4) is 0 Å². The predicted molar refractivity (Wildman–Crippen MR) is 84.0 cm³/mol. The van der Waals surface area contributed by atoms with E-state index >= 15 is 0 Å². The van der Waals surface area contributed by atoms with Gasteiger partial charge in [-0.3, -0.25) is 14.2 Å². The number of rotatable bonds is 5. The first-order chi connectivity index (χ1) is 10.9. The zero-order valence-corrected chi connectivity index (χ0v) is 12.9. The van der Waals surface area contributed by atoms with E-state index in [1.165, 1.54) is 18.2 Å². The summed E-state index contributed by atoms with van der Waals surface area (Å²) in [6, 6.07) is 5.74. The van der Waals surface area contributed by atoms with Crippen molar-refractivity contribution >= 4 is 5.91 Å². The fourth-order valence-electron chi connectivity index (χ4n) is 2.02. The SMILES string of the molecule is CCC(C)NC(=O)c1c[nH]c(=O)n(Cc2ccccc2F)c1=O. The molecule has 1 unspecified atom stereocenters. The van der Waals surface area contributed by atoms with Crippen LogP contribution < -0.4 is 16.6 Å². The van der Waals surface area contributed by atoms with Gasteiger partial charge < -0.3 is 10.3 Å². The van der Waals surface area contributed by atoms with Crippen molar-refractivity contribution in [2.24, 2.45) is 0 Å². The van der Waals surface area contributed by atoms with E-state index in [2.05, 4.69) is 10.3 Å². The summed E-state index contributed by atoms with van der Waals surface area (Å²) in [5.41, 5.74) is -1.43. The van der Waals surface area contributed by atoms with Gasteiger partial charge in [-0.25, -0.2) is 9.18 Å². The minimum absolute atomic E-state index is 0.103. The third-order valence-electron chi connectivity index (χ3n) is 3.58. The molecule has 0 radical (unpaired) electrons. The molecular formula is C16H18FN3O3. The number of hydrogen-bond acceptors (Lipinski definition) is 3. The van der Waals surface area contributed by atoms with Gasteiger partial charge in [0.2, 0.25) is 0 Å². The largest absolute Gasteiger partial charge is 0.349 e. The summed E-state index contributed by atoms with van der Waals surface area (Å²) in [6.45, 7) is 3.46. The van der Waals surface area contributed by atoms with Crippen molar-refractivity contribution in [3.05, 3.63) is 68.2 Å². The predicted octanol–water partition coefficient (Wildman–Crippen LogP) is 1.25. The van der Waals surface area contributed by atoms with Crippen LogP contribution in [0.25, 0.3) is 0 Å². The highest BCUT2D eigenvalue weighted by atomic mass is 19.1. The summed E-state index contributed by atoms with van der Waals surface area (Å²) >= 11 is 0. The molecule has 0 saturated heterocycles. The minimum atomic E-state index is -0.752. The number of carbonyl (C=O) groups excluding carboxylic acids is 1. The van der Waals surface area contributed by atoms with E-state index in [0.717, 1.165) is 10.8 Å². The topological polar surface area (TPSA) is 84.0 Å². The van der Waals surface area contributed by atoms with E-state index < -0.39 is 23.0 Å². The maximum absolute atomic E-state index is 13.7. The number of benzene rings is 1. The Morgan fingerprint density at radius 3 is 2.70 bits per heavy atom. The number of amides is 1. The molecule has 2 aromatic rings. The average molecular weight is 319 g/mol. The first-order valence-corrected chi connectivity index (χ1v) is 7.30. The molecule has 0 spiro atoms. The number of aromatic nitrogens is 2. The molecule has 7 heteroatoms. The number of aromatic amines is 1. The maximum Gasteiger partial charge on any atom is 0.328 e. The molecule has 0 aliphatic rings. The van der Waals surface area contributed by atoms with Gasteiger partial charge in [0.15, 0.2) is 0 Å². The average Bonchev–Trinajstić information content (AvgIpc) is 2.52. The molecule has 0 saturated carbocycles. The number of nitrogens with zero attached hydrogens (tertiary/aromatic N) is 1. The summed E-state index contributed by atoms with van der Waals surface area (Å²) in [5, 5.41) is 2.66. The summed E-state index contributed by atoms with van der Waals surface area (Å²) in [7, 11) is 0. The van der Waals surface area contributed by atoms with Crippen LogP contribution in [0.1, 0.15) is 36.2 Å². The second-order valence-corrected chi connectivity index (χ2v) is 5.27. The van der Waals surface area contributed by atoms with Crippen molar-refractivity contribution in [1.29, 1.82) is 0 Å². The quantitative estimate of drug-likeness (QED) is 0.870. The second kappa shape index (κ2) is 7.04. The Balaban J connectivity index is 2.40. The molecule has 0 aliphatic heterocycles. The van der Waals surface area contributed by atoms with Crippen molar-refractivity contribution in [2.75, 3.05) is 0 Å². The molecule has 0 fully saturated rings. The Morgan fingerprint density at radius 2 is 2.04 bits per heavy atom. The van der Waals surface area contributed by atoms with Gasteiger partial charge in [0.1, 0.15) is 11.4 Å². The van der Waals surface area contributed by atoms with E-state index in [4.69, 9.17) is 0 Å². The van der Waals surface area contributed by atoms with Crippen molar-refractivity contribution < 1.29 is 9.18 Å². The molecule has 2 rings (SSSR count). The van der Waals surface area contributed by atoms with Gasteiger partial charge in [0.05, 0.1) is 6.54 Å². The highest BCUT2D eigenvalue weighted by Gasteiger charge is 2.16. The van der Waals surface area contributed by atoms with Gasteiger partial charge in [-0.1, -0.05) is 25.1 Å². The molecule has 1 amide bonds. The van der Waals surface area contributed by atoms with Crippen LogP contribution >= 0.6 is 0 Å². The molecule has 1 aromatic carbocycles. The first-order valence-electron chi connectivity index (χ1n) is 7.30. The van der Waals surface area contributed by atoms with Crippen LogP contribution in [0.5, 0.6) is 0 Å². The Morgan fingerprint density at radius 1 is 1.35 bits per heavy atom. The molecular weight excluding hydrogens is 301 g/mol. The number of carbonyl (C=O) groups is 1. The standard InChI is InChI=1S/C16H18FN3O3/c1-3-10(2)19-14(21)12-8-18-16(23)20(15(12)22)9-11-6-4-5-7-13(11)17/h4-8,10H,3,9H2,1-2H3,(H,18,23)(H,19,21). The Hall–Kier alpha value is -2.70. The lowest BCUT2D eigenvalue weighted by Crippen LogP contribution is -2.42. The molecule has 0 bridgehead atoms. The van der Waals surface area contributed by atoms with Gasteiger partial charge in [-0.2, -0.15) is 0 Å². The van der Waals surface area contributed by atoms with Gasteiger partial charge in [-0.15, -0.1) is 0 Å². The number of halogens is 1. The molecule has 2 N–H and O–H groups in total. The molecule has 1 aromatic heterocycles. The monoisotopic (exact) mass is 319 g/mol. The lowest BCUT2D eigenvalue weighted by Gasteiger charge is -2.12. The van der Waals surface area contributed by atoms with Gasteiger partial charge >= 0.3 is 5.69 Å². The lowest BCUT2D eigenvalue weighted by molar-refractivity contribution is 0.0936. The van der Waals surface area contributed by atoms with E-state index in [-0.39, 0.29) is 23.7 Å². The van der Waals surface area contributed by atoms with Crippen molar-refractivity contribution in [3.8, 4) is 0 Å². The normalized spacial score (nSPS) is 12.0. The Kier molecular flexibility index (Phi) is 5.10. The van der Waals surface area contributed by atoms with Crippen LogP contribution in [0.4, 0.5) is 4.39 Å². The van der Waals surface area contributed by atoms with Gasteiger partial charge in [0.25, 0.3) is 11.5 Å². The summed E-state index contributed by atoms with van der Waals surface area (Å²) in [6.07, 6.45) is 1.79. The number of H-pyrrole nitrogens is 1. The van der Waals surface area contributed by atoms with E-state index in [9.17, 15) is 18.8 Å². The van der Waals surface area contributed by atoms with E-state index in [1.54, 1.807) is 6.07 Å². The number of nitrogens with one attached hydrogen (secondary N) is 2. The van der Waals surface area contributed by atoms with Crippen LogP contribution in [-0.4, -0.2) is 21.5 Å². The molecule has 23 heavy (non-hydrogen) atoms. The van der Waals surface area contributed by atoms with E-state index in [0.29, 0.717) is 6.42 Å². The second-order valence-electron chi connectivity index (χ2n) is 5.27. The molecule has 1 heterocycles. The zero-order chi connectivity index (χ0) is 17.0. The molecule has 1 atom stereocenters. The zero-order valence-electron chi connectivity index (χ0n) is 12.9. The summed E-state index contributed by atoms with van der Waals surface area (Å²) in [5.74, 6) is -1.09. The lowest BCUT2D eigenvalue weighted by atomic mass is 10.2. The fraction of sp³-hybridized carbons (Fsp3) is 0.312. The molecule has 0 aliphatic carbocycles. The van der Waals surface area contributed by atoms with Crippen molar-refractivity contribution in [3.63, 3.8) is 0 Å². The third-order valence-corrected chi connectivity index (χ3v) is 3.58. The Labute approximate surface area is 132 Å². The van der Waals surface area contributed by atoms with Gasteiger partial charge in [-0.05, 0) is 19.4 Å². The smallest absolute Gasteiger partial charge is 0.328 e. The summed E-state index contributed by atoms with van der Waals surface area (Å²) < 4.78 is 14.5. The highest BCUT2D eigenvalue weighted by Crippen LogP contribution is 2.06. The number of hydrogen-bond donors (Lipinski definition) is 2. The first kappa shape index (κ1) is 16.7. The minimum Gasteiger partial charge on any atom is -0.349 e. The van der Waals surface area contributed by atoms with Crippen LogP contribution in [0.2, 0.25) is 0 Å². The van der Waals surface area contributed by atoms with Gasteiger partial charge in [0, 0.05) is 17.8 Å². The van der Waals surface area contributed by atoms with Crippen LogP contribution in [-0.2, 0) is 6.54 Å². The van der Waals surface area contributed by atoms with Crippen molar-refractivity contribution in [1.82, 2.24) is 14.9 Å². The molecule has 6 nitrogen and oxygen atoms in total. The summed E-state index contributed by atoms with van der Waals surface area (Å²) in [4.78, 5) is 38.7. The third kappa shape index (κ3) is 3.74. The molecule has 122 valence electrons.